The van der Waals surface area contributed by atoms with Gasteiger partial charge in [-0.05, 0) is 24.8 Å². The Morgan fingerprint density at radius 3 is 1.94 bits per heavy atom. The van der Waals surface area contributed by atoms with Crippen LogP contribution in [0.3, 0.4) is 0 Å². The summed E-state index contributed by atoms with van der Waals surface area (Å²) in [5.41, 5.74) is 0. The third-order valence-electron chi connectivity index (χ3n) is 3.95. The largest absolute Gasteiger partial charge is 0.306 e. The lowest BCUT2D eigenvalue weighted by Crippen LogP contribution is -2.27. The second kappa shape index (κ2) is 9.04. The van der Waals surface area contributed by atoms with Crippen molar-refractivity contribution in [3.63, 3.8) is 0 Å². The highest BCUT2D eigenvalue weighted by atomic mass is 15.1. The molecule has 98 valence electrons. The Balaban J connectivity index is 0.000000509. The lowest BCUT2D eigenvalue weighted by Gasteiger charge is -2.34. The molecule has 1 aliphatic carbocycles. The lowest BCUT2D eigenvalue weighted by atomic mass is 9.71. The van der Waals surface area contributed by atoms with Crippen molar-refractivity contribution in [1.29, 1.82) is 0 Å². The Morgan fingerprint density at radius 1 is 1.00 bits per heavy atom. The molecular formula is C15H33N. The maximum Gasteiger partial charge on any atom is 0.00125 e. The first kappa shape index (κ1) is 16.0. The predicted octanol–water partition coefficient (Wildman–Crippen LogP) is 4.43. The maximum atomic E-state index is 2.52. The van der Waals surface area contributed by atoms with E-state index in [9.17, 15) is 0 Å². The summed E-state index contributed by atoms with van der Waals surface area (Å²) in [5.74, 6) is 3.16. The van der Waals surface area contributed by atoms with Gasteiger partial charge in [0, 0.05) is 13.1 Å². The Kier molecular flexibility index (Phi) is 9.02. The maximum absolute atomic E-state index is 2.52. The second-order valence-electron chi connectivity index (χ2n) is 4.74. The molecule has 0 bridgehead atoms. The van der Waals surface area contributed by atoms with E-state index in [1.54, 1.807) is 0 Å². The molecule has 1 saturated carbocycles. The molecule has 1 heterocycles. The molecule has 0 aromatic rings. The number of rotatable bonds is 2. The third kappa shape index (κ3) is 4.08. The summed E-state index contributed by atoms with van der Waals surface area (Å²) in [6, 6.07) is 0. The van der Waals surface area contributed by atoms with Crippen LogP contribution in [0, 0.1) is 17.8 Å². The average molecular weight is 227 g/mol. The molecule has 1 nitrogen and oxygen atoms in total. The molecule has 0 amide bonds. The SMILES string of the molecule is CC.CC.CCC1CN(C)CC1C1CCC1. The van der Waals surface area contributed by atoms with E-state index in [1.807, 2.05) is 27.7 Å². The van der Waals surface area contributed by atoms with Gasteiger partial charge in [0.2, 0.25) is 0 Å². The topological polar surface area (TPSA) is 3.24 Å². The molecule has 1 heteroatoms. The molecule has 2 rings (SSSR count). The van der Waals surface area contributed by atoms with Crippen molar-refractivity contribution in [2.24, 2.45) is 17.8 Å². The second-order valence-corrected chi connectivity index (χ2v) is 4.74. The molecule has 0 aromatic carbocycles. The molecule has 2 atom stereocenters. The fourth-order valence-corrected chi connectivity index (χ4v) is 2.95. The molecule has 1 aliphatic heterocycles. The minimum Gasteiger partial charge on any atom is -0.306 e. The molecule has 0 aromatic heterocycles. The average Bonchev–Trinajstić information content (AvgIpc) is 2.63. The van der Waals surface area contributed by atoms with E-state index in [1.165, 1.54) is 38.8 Å². The molecule has 0 spiro atoms. The highest BCUT2D eigenvalue weighted by Gasteiger charge is 2.37. The van der Waals surface area contributed by atoms with Crippen LogP contribution in [0.15, 0.2) is 0 Å². The van der Waals surface area contributed by atoms with Crippen LogP contribution in [0.2, 0.25) is 0 Å². The van der Waals surface area contributed by atoms with E-state index in [0.717, 1.165) is 17.8 Å². The van der Waals surface area contributed by atoms with E-state index in [4.69, 9.17) is 0 Å². The molecule has 1 saturated heterocycles. The number of nitrogens with zero attached hydrogens (tertiary/aromatic N) is 1. The molecule has 2 unspecified atom stereocenters. The van der Waals surface area contributed by atoms with Crippen molar-refractivity contribution in [1.82, 2.24) is 4.90 Å². The van der Waals surface area contributed by atoms with E-state index >= 15 is 0 Å². The van der Waals surface area contributed by atoms with Gasteiger partial charge in [-0.15, -0.1) is 0 Å². The van der Waals surface area contributed by atoms with Gasteiger partial charge in [-0.1, -0.05) is 60.3 Å². The zero-order valence-electron chi connectivity index (χ0n) is 12.4. The van der Waals surface area contributed by atoms with Crippen molar-refractivity contribution in [3.8, 4) is 0 Å². The number of hydrogen-bond acceptors (Lipinski definition) is 1. The molecule has 2 aliphatic rings. The zero-order chi connectivity index (χ0) is 12.6. The number of hydrogen-bond donors (Lipinski definition) is 0. The van der Waals surface area contributed by atoms with Gasteiger partial charge in [-0.3, -0.25) is 0 Å². The molecule has 0 radical (unpaired) electrons. The highest BCUT2D eigenvalue weighted by Crippen LogP contribution is 2.41. The van der Waals surface area contributed by atoms with Crippen LogP contribution in [0.1, 0.15) is 60.3 Å². The van der Waals surface area contributed by atoms with Crippen molar-refractivity contribution in [2.45, 2.75) is 60.3 Å². The Hall–Kier alpha value is -0.0400. The summed E-state index contributed by atoms with van der Waals surface area (Å²) in [6.07, 6.45) is 5.94. The normalized spacial score (nSPS) is 29.6. The van der Waals surface area contributed by atoms with Crippen LogP contribution in [0.5, 0.6) is 0 Å². The smallest absolute Gasteiger partial charge is 0.00125 e. The number of likely N-dealkylation sites (tertiary alicyclic amines) is 1. The van der Waals surface area contributed by atoms with Gasteiger partial charge in [0.15, 0.2) is 0 Å². The van der Waals surface area contributed by atoms with Crippen LogP contribution < -0.4 is 0 Å². The Morgan fingerprint density at radius 2 is 1.56 bits per heavy atom. The molecule has 0 N–H and O–H groups in total. The third-order valence-corrected chi connectivity index (χ3v) is 3.95. The van der Waals surface area contributed by atoms with Crippen LogP contribution in [0.25, 0.3) is 0 Å². The van der Waals surface area contributed by atoms with Gasteiger partial charge in [0.05, 0.1) is 0 Å². The first-order valence-electron chi connectivity index (χ1n) is 7.49. The molecule has 16 heavy (non-hydrogen) atoms. The van der Waals surface area contributed by atoms with E-state index in [0.29, 0.717) is 0 Å². The van der Waals surface area contributed by atoms with Crippen molar-refractivity contribution < 1.29 is 0 Å². The lowest BCUT2D eigenvalue weighted by molar-refractivity contribution is 0.173. The molecular weight excluding hydrogens is 194 g/mol. The fourth-order valence-electron chi connectivity index (χ4n) is 2.95. The summed E-state index contributed by atoms with van der Waals surface area (Å²) < 4.78 is 0. The Bertz CT molecular complexity index is 152. The predicted molar refractivity (Wildman–Crippen MR) is 74.8 cm³/mol. The van der Waals surface area contributed by atoms with Gasteiger partial charge in [-0.2, -0.15) is 0 Å². The standard InChI is InChI=1S/C11H21N.2C2H6/c1-3-9-7-12(2)8-11(9)10-5-4-6-10;2*1-2/h9-11H,3-8H2,1-2H3;2*1-2H3. The quantitative estimate of drug-likeness (QED) is 0.674. The van der Waals surface area contributed by atoms with Crippen LogP contribution in [-0.2, 0) is 0 Å². The first-order valence-corrected chi connectivity index (χ1v) is 7.49. The minimum atomic E-state index is 1.01. The van der Waals surface area contributed by atoms with Gasteiger partial charge in [0.25, 0.3) is 0 Å². The van der Waals surface area contributed by atoms with Gasteiger partial charge in [0.1, 0.15) is 0 Å². The summed E-state index contributed by atoms with van der Waals surface area (Å²) in [6.45, 7) is 13.1. The monoisotopic (exact) mass is 227 g/mol. The van der Waals surface area contributed by atoms with Crippen LogP contribution >= 0.6 is 0 Å². The summed E-state index contributed by atoms with van der Waals surface area (Å²) in [7, 11) is 2.28. The molecule has 2 fully saturated rings. The van der Waals surface area contributed by atoms with Gasteiger partial charge in [-0.25, -0.2) is 0 Å². The fraction of sp³-hybridized carbons (Fsp3) is 1.00. The highest BCUT2D eigenvalue weighted by molar-refractivity contribution is 4.89. The van der Waals surface area contributed by atoms with Gasteiger partial charge >= 0.3 is 0 Å². The van der Waals surface area contributed by atoms with Crippen molar-refractivity contribution in [2.75, 3.05) is 20.1 Å². The summed E-state index contributed by atoms with van der Waals surface area (Å²) in [4.78, 5) is 2.52. The summed E-state index contributed by atoms with van der Waals surface area (Å²) in [5, 5.41) is 0. The van der Waals surface area contributed by atoms with Crippen molar-refractivity contribution >= 4 is 0 Å². The van der Waals surface area contributed by atoms with E-state index in [-0.39, 0.29) is 0 Å². The van der Waals surface area contributed by atoms with Crippen molar-refractivity contribution in [3.05, 3.63) is 0 Å². The first-order chi connectivity index (χ1) is 7.81. The van der Waals surface area contributed by atoms with Crippen LogP contribution in [0.4, 0.5) is 0 Å². The van der Waals surface area contributed by atoms with Crippen LogP contribution in [-0.4, -0.2) is 25.0 Å². The van der Waals surface area contributed by atoms with Gasteiger partial charge < -0.3 is 4.90 Å². The summed E-state index contributed by atoms with van der Waals surface area (Å²) >= 11 is 0. The zero-order valence-corrected chi connectivity index (χ0v) is 12.4. The van der Waals surface area contributed by atoms with E-state index in [2.05, 4.69) is 18.9 Å². The minimum absolute atomic E-state index is 1.01. The Labute approximate surface area is 104 Å². The van der Waals surface area contributed by atoms with E-state index < -0.39 is 0 Å².